The van der Waals surface area contributed by atoms with Gasteiger partial charge in [-0.25, -0.2) is 4.79 Å². The molecule has 4 rings (SSSR count). The lowest BCUT2D eigenvalue weighted by Crippen LogP contribution is -2.49. The summed E-state index contributed by atoms with van der Waals surface area (Å²) in [5, 5.41) is 0. The summed E-state index contributed by atoms with van der Waals surface area (Å²) in [6.45, 7) is 17.4. The number of hydrogen-bond acceptors (Lipinski definition) is 6. The Kier molecular flexibility index (Phi) is 9.07. The Bertz CT molecular complexity index is 1220. The van der Waals surface area contributed by atoms with Crippen molar-refractivity contribution in [3.8, 4) is 16.9 Å². The molecule has 1 amide bonds. The van der Waals surface area contributed by atoms with E-state index in [1.807, 2.05) is 45.7 Å². The van der Waals surface area contributed by atoms with E-state index in [2.05, 4.69) is 28.0 Å². The maximum absolute atomic E-state index is 12.4. The van der Waals surface area contributed by atoms with Crippen molar-refractivity contribution in [2.24, 2.45) is 13.0 Å². The minimum atomic E-state index is -0.444. The van der Waals surface area contributed by atoms with Gasteiger partial charge in [-0.1, -0.05) is 12.1 Å². The lowest BCUT2D eigenvalue weighted by molar-refractivity contribution is 0.0159. The van der Waals surface area contributed by atoms with E-state index in [4.69, 9.17) is 9.47 Å². The summed E-state index contributed by atoms with van der Waals surface area (Å²) in [4.78, 5) is 31.6. The molecule has 214 valence electrons. The van der Waals surface area contributed by atoms with Crippen molar-refractivity contribution < 1.29 is 14.3 Å². The molecule has 2 saturated heterocycles. The molecule has 8 nitrogen and oxygen atoms in total. The van der Waals surface area contributed by atoms with E-state index in [0.29, 0.717) is 5.92 Å². The van der Waals surface area contributed by atoms with Gasteiger partial charge < -0.3 is 23.8 Å². The molecule has 0 atom stereocenters. The number of ether oxygens (including phenoxy) is 2. The van der Waals surface area contributed by atoms with Crippen LogP contribution in [0.25, 0.3) is 11.1 Å². The molecule has 2 aromatic rings. The molecular formula is C31H46N4O4. The molecule has 0 aliphatic carbocycles. The molecule has 8 heteroatoms. The van der Waals surface area contributed by atoms with Crippen LogP contribution in [-0.4, -0.2) is 83.9 Å². The Morgan fingerprint density at radius 2 is 1.62 bits per heavy atom. The molecule has 1 aromatic heterocycles. The molecule has 0 spiro atoms. The fraction of sp³-hybridized carbons (Fsp3) is 0.613. The molecule has 0 saturated carbocycles. The highest BCUT2D eigenvalue weighted by Crippen LogP contribution is 2.31. The van der Waals surface area contributed by atoms with Crippen molar-refractivity contribution in [1.29, 1.82) is 0 Å². The molecule has 3 heterocycles. The number of pyridine rings is 1. The van der Waals surface area contributed by atoms with Gasteiger partial charge in [-0.3, -0.25) is 9.69 Å². The Hall–Kier alpha value is -2.84. The number of carbonyl (C=O) groups excluding carboxylic acids is 1. The lowest BCUT2D eigenvalue weighted by atomic mass is 9.96. The van der Waals surface area contributed by atoms with E-state index in [9.17, 15) is 9.59 Å². The van der Waals surface area contributed by atoms with Crippen molar-refractivity contribution in [3.05, 3.63) is 51.4 Å². The number of aromatic nitrogens is 1. The van der Waals surface area contributed by atoms with E-state index >= 15 is 0 Å². The SMILES string of the molecule is COc1cc(-c2cn(C)c(=O)c(C)c2C)ccc1CN1CCN(CC2CCN(C(=O)OC(C)(C)C)CC2)CC1. The Morgan fingerprint density at radius 3 is 2.23 bits per heavy atom. The first-order valence-corrected chi connectivity index (χ1v) is 14.2. The van der Waals surface area contributed by atoms with Gasteiger partial charge in [0.2, 0.25) is 0 Å². The van der Waals surface area contributed by atoms with E-state index in [1.54, 1.807) is 18.7 Å². The van der Waals surface area contributed by atoms with Gasteiger partial charge in [0.25, 0.3) is 5.56 Å². The van der Waals surface area contributed by atoms with Gasteiger partial charge in [-0.2, -0.15) is 0 Å². The van der Waals surface area contributed by atoms with Gasteiger partial charge in [0, 0.05) is 82.3 Å². The van der Waals surface area contributed by atoms with E-state index in [1.165, 1.54) is 5.56 Å². The zero-order chi connectivity index (χ0) is 28.3. The first-order valence-electron chi connectivity index (χ1n) is 14.2. The van der Waals surface area contributed by atoms with Gasteiger partial charge in [-0.15, -0.1) is 0 Å². The van der Waals surface area contributed by atoms with Gasteiger partial charge in [0.1, 0.15) is 11.4 Å². The number of piperazine rings is 1. The van der Waals surface area contributed by atoms with Crippen molar-refractivity contribution in [2.75, 3.05) is 52.9 Å². The van der Waals surface area contributed by atoms with Crippen molar-refractivity contribution in [2.45, 2.75) is 59.6 Å². The second-order valence-electron chi connectivity index (χ2n) is 12.2. The van der Waals surface area contributed by atoms with Crippen LogP contribution in [0.15, 0.2) is 29.2 Å². The van der Waals surface area contributed by atoms with Crippen LogP contribution in [0, 0.1) is 19.8 Å². The molecular weight excluding hydrogens is 492 g/mol. The maximum Gasteiger partial charge on any atom is 0.410 e. The van der Waals surface area contributed by atoms with Crippen molar-refractivity contribution in [3.63, 3.8) is 0 Å². The van der Waals surface area contributed by atoms with E-state index in [0.717, 1.165) is 93.2 Å². The van der Waals surface area contributed by atoms with Crippen molar-refractivity contribution >= 4 is 6.09 Å². The smallest absolute Gasteiger partial charge is 0.410 e. The number of carbonyl (C=O) groups is 1. The highest BCUT2D eigenvalue weighted by Gasteiger charge is 2.28. The molecule has 2 aliphatic rings. The van der Waals surface area contributed by atoms with Gasteiger partial charge in [0.15, 0.2) is 0 Å². The number of hydrogen-bond donors (Lipinski definition) is 0. The molecule has 0 radical (unpaired) electrons. The summed E-state index contributed by atoms with van der Waals surface area (Å²) in [5.74, 6) is 1.52. The highest BCUT2D eigenvalue weighted by atomic mass is 16.6. The minimum Gasteiger partial charge on any atom is -0.496 e. The standard InChI is InChI=1S/C31H46N4O4/c1-22-23(2)29(36)32(6)21-27(22)25-8-9-26(28(18-25)38-7)20-34-16-14-33(15-17-34)19-24-10-12-35(13-11-24)30(37)39-31(3,4)5/h8-9,18,21,24H,10-17,19-20H2,1-7H3. The number of aryl methyl sites for hydroxylation is 1. The Morgan fingerprint density at radius 1 is 0.974 bits per heavy atom. The normalized spacial score (nSPS) is 17.9. The predicted octanol–water partition coefficient (Wildman–Crippen LogP) is 4.44. The third-order valence-corrected chi connectivity index (χ3v) is 8.17. The van der Waals surface area contributed by atoms with Crippen LogP contribution in [0.3, 0.4) is 0 Å². The third-order valence-electron chi connectivity index (χ3n) is 8.17. The quantitative estimate of drug-likeness (QED) is 0.542. The molecule has 0 bridgehead atoms. The first-order chi connectivity index (χ1) is 18.4. The fourth-order valence-electron chi connectivity index (χ4n) is 5.67. The van der Waals surface area contributed by atoms with Crippen LogP contribution >= 0.6 is 0 Å². The van der Waals surface area contributed by atoms with E-state index < -0.39 is 5.60 Å². The maximum atomic E-state index is 12.4. The number of benzene rings is 1. The lowest BCUT2D eigenvalue weighted by Gasteiger charge is -2.39. The summed E-state index contributed by atoms with van der Waals surface area (Å²) < 4.78 is 13.0. The van der Waals surface area contributed by atoms with Gasteiger partial charge in [0.05, 0.1) is 7.11 Å². The number of methoxy groups -OCH3 is 1. The van der Waals surface area contributed by atoms with Crippen LogP contribution in [0.2, 0.25) is 0 Å². The van der Waals surface area contributed by atoms with Crippen LogP contribution in [-0.2, 0) is 18.3 Å². The molecule has 0 unspecified atom stereocenters. The monoisotopic (exact) mass is 538 g/mol. The third kappa shape index (κ3) is 7.22. The summed E-state index contributed by atoms with van der Waals surface area (Å²) >= 11 is 0. The summed E-state index contributed by atoms with van der Waals surface area (Å²) in [5.41, 5.74) is 4.71. The van der Waals surface area contributed by atoms with Crippen LogP contribution in [0.4, 0.5) is 4.79 Å². The number of amides is 1. The highest BCUT2D eigenvalue weighted by molar-refractivity contribution is 5.70. The van der Waals surface area contributed by atoms with Crippen LogP contribution < -0.4 is 10.3 Å². The number of piperidine rings is 1. The average Bonchev–Trinajstić information content (AvgIpc) is 2.90. The minimum absolute atomic E-state index is 0.0465. The number of rotatable bonds is 6. The second kappa shape index (κ2) is 12.1. The zero-order valence-corrected chi connectivity index (χ0v) is 24.9. The van der Waals surface area contributed by atoms with E-state index in [-0.39, 0.29) is 11.7 Å². The second-order valence-corrected chi connectivity index (χ2v) is 12.2. The summed E-state index contributed by atoms with van der Waals surface area (Å²) in [6.07, 6.45) is 3.81. The zero-order valence-electron chi connectivity index (χ0n) is 24.9. The van der Waals surface area contributed by atoms with Crippen LogP contribution in [0.1, 0.15) is 50.3 Å². The number of nitrogens with zero attached hydrogens (tertiary/aromatic N) is 4. The average molecular weight is 539 g/mol. The van der Waals surface area contributed by atoms with Crippen molar-refractivity contribution in [1.82, 2.24) is 19.3 Å². The van der Waals surface area contributed by atoms with Gasteiger partial charge in [-0.05, 0) is 70.6 Å². The Balaban J connectivity index is 1.29. The summed E-state index contributed by atoms with van der Waals surface area (Å²) in [6, 6.07) is 6.41. The summed E-state index contributed by atoms with van der Waals surface area (Å²) in [7, 11) is 3.53. The van der Waals surface area contributed by atoms with Gasteiger partial charge >= 0.3 is 6.09 Å². The molecule has 0 N–H and O–H groups in total. The molecule has 39 heavy (non-hydrogen) atoms. The van der Waals surface area contributed by atoms with Crippen LogP contribution in [0.5, 0.6) is 5.75 Å². The topological polar surface area (TPSA) is 67.2 Å². The fourth-order valence-corrected chi connectivity index (χ4v) is 5.67. The first kappa shape index (κ1) is 29.2. The number of likely N-dealkylation sites (tertiary alicyclic amines) is 1. The molecule has 2 aliphatic heterocycles. The molecule has 1 aromatic carbocycles. The predicted molar refractivity (Wildman–Crippen MR) is 155 cm³/mol. The Labute approximate surface area is 233 Å². The largest absolute Gasteiger partial charge is 0.496 e. The molecule has 2 fully saturated rings.